The van der Waals surface area contributed by atoms with E-state index in [9.17, 15) is 4.79 Å². The van der Waals surface area contributed by atoms with E-state index in [-0.39, 0.29) is 0 Å². The Morgan fingerprint density at radius 3 is 3.18 bits per heavy atom. The van der Waals surface area contributed by atoms with Crippen LogP contribution in [0.4, 0.5) is 0 Å². The third kappa shape index (κ3) is 2.66. The minimum absolute atomic E-state index is 0.454. The van der Waals surface area contributed by atoms with Crippen LogP contribution in [0.1, 0.15) is 5.76 Å². The third-order valence-corrected chi connectivity index (χ3v) is 1.09. The van der Waals surface area contributed by atoms with Gasteiger partial charge in [-0.05, 0) is 6.08 Å². The first-order valence-corrected chi connectivity index (χ1v) is 3.14. The van der Waals surface area contributed by atoms with Crippen LogP contribution in [0.15, 0.2) is 28.9 Å². The molecule has 1 heterocycles. The number of carbonyl (C=O) groups is 1. The summed E-state index contributed by atoms with van der Waals surface area (Å²) in [6.45, 7) is 0. The summed E-state index contributed by atoms with van der Waals surface area (Å²) in [5, 5.41) is 3.49. The van der Waals surface area contributed by atoms with E-state index < -0.39 is 5.91 Å². The maximum Gasteiger partial charge on any atom is 0.241 e. The van der Waals surface area contributed by atoms with Gasteiger partial charge in [0.2, 0.25) is 5.91 Å². The van der Waals surface area contributed by atoms with E-state index in [0.29, 0.717) is 12.2 Å². The van der Waals surface area contributed by atoms with E-state index in [1.165, 1.54) is 6.08 Å². The van der Waals surface area contributed by atoms with Crippen LogP contribution in [0.5, 0.6) is 0 Å². The Morgan fingerprint density at radius 1 is 1.82 bits per heavy atom. The first-order valence-electron chi connectivity index (χ1n) is 3.14. The molecule has 4 heteroatoms. The zero-order valence-corrected chi connectivity index (χ0v) is 5.86. The molecular weight excluding hydrogens is 144 g/mol. The Balaban J connectivity index is 2.40. The van der Waals surface area contributed by atoms with Crippen molar-refractivity contribution in [3.63, 3.8) is 0 Å². The second-order valence-electron chi connectivity index (χ2n) is 1.99. The Kier molecular flexibility index (Phi) is 2.43. The summed E-state index contributed by atoms with van der Waals surface area (Å²) in [5.74, 6) is 0.256. The molecule has 0 fully saturated rings. The van der Waals surface area contributed by atoms with Gasteiger partial charge in [0.25, 0.3) is 0 Å². The number of hydrogen-bond donors (Lipinski definition) is 1. The number of nitrogens with two attached hydrogens (primary N) is 1. The second kappa shape index (κ2) is 3.55. The molecule has 11 heavy (non-hydrogen) atoms. The fourth-order valence-electron chi connectivity index (χ4n) is 0.639. The largest absolute Gasteiger partial charge is 0.366 e. The monoisotopic (exact) mass is 152 g/mol. The zero-order valence-electron chi connectivity index (χ0n) is 5.86. The van der Waals surface area contributed by atoms with Gasteiger partial charge in [0.15, 0.2) is 0 Å². The van der Waals surface area contributed by atoms with Crippen LogP contribution in [-0.4, -0.2) is 11.1 Å². The SMILES string of the molecule is NC(=O)C=CCc1ccno1. The van der Waals surface area contributed by atoms with E-state index in [4.69, 9.17) is 10.3 Å². The van der Waals surface area contributed by atoms with E-state index in [1.807, 2.05) is 0 Å². The molecule has 0 radical (unpaired) electrons. The third-order valence-electron chi connectivity index (χ3n) is 1.09. The summed E-state index contributed by atoms with van der Waals surface area (Å²) in [6.07, 6.45) is 5.02. The number of hydrogen-bond acceptors (Lipinski definition) is 3. The molecule has 0 saturated carbocycles. The first kappa shape index (κ1) is 7.53. The predicted octanol–water partition coefficient (Wildman–Crippen LogP) is 0.259. The van der Waals surface area contributed by atoms with Crippen molar-refractivity contribution in [2.24, 2.45) is 5.73 Å². The highest BCUT2D eigenvalue weighted by Gasteiger charge is 1.91. The molecule has 0 unspecified atom stereocenters. The Morgan fingerprint density at radius 2 is 2.64 bits per heavy atom. The van der Waals surface area contributed by atoms with Crippen molar-refractivity contribution in [3.8, 4) is 0 Å². The lowest BCUT2D eigenvalue weighted by Gasteiger charge is -1.83. The maximum absolute atomic E-state index is 10.2. The fraction of sp³-hybridized carbons (Fsp3) is 0.143. The molecular formula is C7H8N2O2. The van der Waals surface area contributed by atoms with E-state index in [2.05, 4.69) is 5.16 Å². The standard InChI is InChI=1S/C7H8N2O2/c8-7(10)3-1-2-6-4-5-9-11-6/h1,3-5H,2H2,(H2,8,10). The minimum Gasteiger partial charge on any atom is -0.366 e. The molecule has 58 valence electrons. The highest BCUT2D eigenvalue weighted by atomic mass is 16.5. The molecule has 0 aliphatic carbocycles. The average molecular weight is 152 g/mol. The Labute approximate surface area is 63.7 Å². The van der Waals surface area contributed by atoms with E-state index >= 15 is 0 Å². The van der Waals surface area contributed by atoms with Gasteiger partial charge < -0.3 is 10.3 Å². The highest BCUT2D eigenvalue weighted by Crippen LogP contribution is 1.97. The van der Waals surface area contributed by atoms with Crippen molar-refractivity contribution in [2.75, 3.05) is 0 Å². The van der Waals surface area contributed by atoms with Gasteiger partial charge in [0, 0.05) is 12.5 Å². The molecule has 0 saturated heterocycles. The fourth-order valence-corrected chi connectivity index (χ4v) is 0.639. The zero-order chi connectivity index (χ0) is 8.10. The van der Waals surface area contributed by atoms with Crippen molar-refractivity contribution in [1.82, 2.24) is 5.16 Å². The van der Waals surface area contributed by atoms with Gasteiger partial charge in [-0.2, -0.15) is 0 Å². The molecule has 1 rings (SSSR count). The van der Waals surface area contributed by atoms with Gasteiger partial charge in [0.05, 0.1) is 6.20 Å². The number of aromatic nitrogens is 1. The molecule has 1 aromatic rings. The average Bonchev–Trinajstić information content (AvgIpc) is 2.39. The normalized spacial score (nSPS) is 10.5. The van der Waals surface area contributed by atoms with Crippen LogP contribution in [0.2, 0.25) is 0 Å². The van der Waals surface area contributed by atoms with Gasteiger partial charge in [-0.15, -0.1) is 0 Å². The van der Waals surface area contributed by atoms with Gasteiger partial charge in [0.1, 0.15) is 5.76 Å². The number of nitrogens with zero attached hydrogens (tertiary/aromatic N) is 1. The lowest BCUT2D eigenvalue weighted by Crippen LogP contribution is -2.05. The van der Waals surface area contributed by atoms with Crippen LogP contribution in [0.3, 0.4) is 0 Å². The van der Waals surface area contributed by atoms with E-state index in [1.54, 1.807) is 18.3 Å². The quantitative estimate of drug-likeness (QED) is 0.631. The second-order valence-corrected chi connectivity index (χ2v) is 1.99. The van der Waals surface area contributed by atoms with Crippen LogP contribution in [0, 0.1) is 0 Å². The van der Waals surface area contributed by atoms with Crippen molar-refractivity contribution >= 4 is 5.91 Å². The van der Waals surface area contributed by atoms with Gasteiger partial charge in [-0.3, -0.25) is 4.79 Å². The van der Waals surface area contributed by atoms with Crippen molar-refractivity contribution in [1.29, 1.82) is 0 Å². The Hall–Kier alpha value is -1.58. The number of carbonyl (C=O) groups excluding carboxylic acids is 1. The summed E-state index contributed by atoms with van der Waals surface area (Å²) in [4.78, 5) is 10.2. The van der Waals surface area contributed by atoms with Gasteiger partial charge >= 0.3 is 0 Å². The molecule has 4 nitrogen and oxygen atoms in total. The number of rotatable bonds is 3. The molecule has 0 aromatic carbocycles. The smallest absolute Gasteiger partial charge is 0.241 e. The minimum atomic E-state index is -0.454. The van der Waals surface area contributed by atoms with Crippen molar-refractivity contribution in [2.45, 2.75) is 6.42 Å². The van der Waals surface area contributed by atoms with Crippen molar-refractivity contribution < 1.29 is 9.32 Å². The molecule has 0 bridgehead atoms. The van der Waals surface area contributed by atoms with Gasteiger partial charge in [-0.25, -0.2) is 0 Å². The number of amides is 1. The first-order chi connectivity index (χ1) is 5.29. The number of primary amides is 1. The van der Waals surface area contributed by atoms with Crippen LogP contribution < -0.4 is 5.73 Å². The molecule has 0 aliphatic rings. The van der Waals surface area contributed by atoms with Crippen LogP contribution in [0.25, 0.3) is 0 Å². The lowest BCUT2D eigenvalue weighted by molar-refractivity contribution is -0.113. The van der Waals surface area contributed by atoms with Crippen LogP contribution >= 0.6 is 0 Å². The lowest BCUT2D eigenvalue weighted by atomic mass is 10.3. The van der Waals surface area contributed by atoms with Gasteiger partial charge in [-0.1, -0.05) is 11.2 Å². The molecule has 1 amide bonds. The predicted molar refractivity (Wildman–Crippen MR) is 38.5 cm³/mol. The summed E-state index contributed by atoms with van der Waals surface area (Å²) in [5.41, 5.74) is 4.86. The summed E-state index contributed by atoms with van der Waals surface area (Å²) in [6, 6.07) is 1.73. The molecule has 0 aliphatic heterocycles. The molecule has 2 N–H and O–H groups in total. The number of allylic oxidation sites excluding steroid dienone is 1. The molecule has 0 atom stereocenters. The topological polar surface area (TPSA) is 69.1 Å². The molecule has 0 spiro atoms. The summed E-state index contributed by atoms with van der Waals surface area (Å²) >= 11 is 0. The highest BCUT2D eigenvalue weighted by molar-refractivity contribution is 5.85. The summed E-state index contributed by atoms with van der Waals surface area (Å²) < 4.78 is 4.76. The van der Waals surface area contributed by atoms with Crippen LogP contribution in [-0.2, 0) is 11.2 Å². The maximum atomic E-state index is 10.2. The van der Waals surface area contributed by atoms with Crippen molar-refractivity contribution in [3.05, 3.63) is 30.2 Å². The molecule has 1 aromatic heterocycles. The summed E-state index contributed by atoms with van der Waals surface area (Å²) in [7, 11) is 0. The van der Waals surface area contributed by atoms with E-state index in [0.717, 1.165) is 0 Å². The Bertz CT molecular complexity index is 251.